The van der Waals surface area contributed by atoms with Crippen molar-refractivity contribution >= 4 is 17.7 Å². The zero-order chi connectivity index (χ0) is 23.0. The minimum absolute atomic E-state index is 0.0176. The lowest BCUT2D eigenvalue weighted by molar-refractivity contribution is -0.149. The molecule has 1 aliphatic heterocycles. The average molecular weight is 456 g/mol. The zero-order valence-corrected chi connectivity index (χ0v) is 19.3. The molecule has 7 nitrogen and oxygen atoms in total. The van der Waals surface area contributed by atoms with Gasteiger partial charge in [0, 0.05) is 18.0 Å². The van der Waals surface area contributed by atoms with E-state index in [9.17, 15) is 14.4 Å². The van der Waals surface area contributed by atoms with Crippen LogP contribution in [0.5, 0.6) is 11.5 Å². The molecule has 33 heavy (non-hydrogen) atoms. The molecule has 1 N–H and O–H groups in total. The van der Waals surface area contributed by atoms with E-state index in [1.807, 2.05) is 0 Å². The highest BCUT2D eigenvalue weighted by molar-refractivity contribution is 5.98. The number of carbonyl (C=O) groups excluding carboxylic acids is 3. The molecular formula is C26H33NO6. The van der Waals surface area contributed by atoms with Crippen molar-refractivity contribution in [2.24, 2.45) is 23.2 Å². The maximum absolute atomic E-state index is 12.5. The van der Waals surface area contributed by atoms with E-state index in [1.54, 1.807) is 18.2 Å². The number of Topliss-reactive ketones (excluding diaryl/α,β-unsaturated/α-hetero) is 1. The van der Waals surface area contributed by atoms with Gasteiger partial charge in [-0.05, 0) is 86.8 Å². The molecule has 0 saturated heterocycles. The molecule has 1 unspecified atom stereocenters. The van der Waals surface area contributed by atoms with Gasteiger partial charge in [-0.3, -0.25) is 14.4 Å². The van der Waals surface area contributed by atoms with Gasteiger partial charge in [0.15, 0.2) is 23.9 Å². The minimum Gasteiger partial charge on any atom is -0.486 e. The van der Waals surface area contributed by atoms with Gasteiger partial charge in [0.25, 0.3) is 5.91 Å². The summed E-state index contributed by atoms with van der Waals surface area (Å²) >= 11 is 0. The molecule has 1 atom stereocenters. The molecular weight excluding hydrogens is 422 g/mol. The molecule has 0 radical (unpaired) electrons. The summed E-state index contributed by atoms with van der Waals surface area (Å²) in [6.45, 7) is 2.74. The third kappa shape index (κ3) is 4.73. The number of carbonyl (C=O) groups is 3. The van der Waals surface area contributed by atoms with E-state index < -0.39 is 5.97 Å². The number of hydrogen-bond donors (Lipinski definition) is 1. The van der Waals surface area contributed by atoms with Gasteiger partial charge in [0.1, 0.15) is 13.2 Å². The lowest BCUT2D eigenvalue weighted by Crippen LogP contribution is -2.56. The largest absolute Gasteiger partial charge is 0.486 e. The number of hydrogen-bond acceptors (Lipinski definition) is 6. The van der Waals surface area contributed by atoms with Gasteiger partial charge < -0.3 is 19.5 Å². The van der Waals surface area contributed by atoms with Crippen LogP contribution in [-0.4, -0.2) is 43.5 Å². The van der Waals surface area contributed by atoms with Crippen molar-refractivity contribution in [1.29, 1.82) is 0 Å². The Morgan fingerprint density at radius 3 is 2.30 bits per heavy atom. The van der Waals surface area contributed by atoms with Crippen LogP contribution in [0.4, 0.5) is 0 Å². The van der Waals surface area contributed by atoms with Crippen molar-refractivity contribution in [3.63, 3.8) is 0 Å². The van der Waals surface area contributed by atoms with E-state index in [0.29, 0.717) is 30.3 Å². The second-order valence-electron chi connectivity index (χ2n) is 10.5. The first-order chi connectivity index (χ1) is 15.9. The molecule has 0 aromatic heterocycles. The Hall–Kier alpha value is -2.57. The van der Waals surface area contributed by atoms with Crippen LogP contribution in [0, 0.1) is 23.2 Å². The summed E-state index contributed by atoms with van der Waals surface area (Å²) in [7, 11) is 0. The molecule has 1 amide bonds. The number of esters is 1. The third-order valence-electron chi connectivity index (χ3n) is 8.17. The maximum Gasteiger partial charge on any atom is 0.306 e. The number of fused-ring (bicyclic) bond motifs is 1. The van der Waals surface area contributed by atoms with Crippen molar-refractivity contribution in [2.75, 3.05) is 19.8 Å². The molecule has 4 saturated carbocycles. The van der Waals surface area contributed by atoms with Gasteiger partial charge in [0.05, 0.1) is 6.42 Å². The maximum atomic E-state index is 12.5. The number of amides is 1. The highest BCUT2D eigenvalue weighted by atomic mass is 16.6. The lowest BCUT2D eigenvalue weighted by atomic mass is 9.48. The predicted molar refractivity (Wildman–Crippen MR) is 120 cm³/mol. The van der Waals surface area contributed by atoms with Crippen LogP contribution in [0.15, 0.2) is 18.2 Å². The van der Waals surface area contributed by atoms with Gasteiger partial charge in [-0.1, -0.05) is 0 Å². The van der Waals surface area contributed by atoms with Crippen molar-refractivity contribution in [1.82, 2.24) is 5.32 Å². The Labute approximate surface area is 194 Å². The number of nitrogens with one attached hydrogen (secondary N) is 1. The highest BCUT2D eigenvalue weighted by Crippen LogP contribution is 2.61. The lowest BCUT2D eigenvalue weighted by Gasteiger charge is -2.59. The number of ether oxygens (including phenoxy) is 3. The van der Waals surface area contributed by atoms with Crippen molar-refractivity contribution < 1.29 is 28.6 Å². The van der Waals surface area contributed by atoms with Gasteiger partial charge >= 0.3 is 5.97 Å². The van der Waals surface area contributed by atoms with Crippen LogP contribution < -0.4 is 14.8 Å². The van der Waals surface area contributed by atoms with Crippen molar-refractivity contribution in [2.45, 2.75) is 64.3 Å². The Morgan fingerprint density at radius 1 is 1.00 bits per heavy atom. The molecule has 6 rings (SSSR count). The Kier molecular flexibility index (Phi) is 6.06. The summed E-state index contributed by atoms with van der Waals surface area (Å²) in [5, 5.41) is 3.10. The quantitative estimate of drug-likeness (QED) is 0.475. The van der Waals surface area contributed by atoms with E-state index in [1.165, 1.54) is 38.5 Å². The molecule has 1 heterocycles. The summed E-state index contributed by atoms with van der Waals surface area (Å²) in [6, 6.07) is 5.10. The van der Waals surface area contributed by atoms with Gasteiger partial charge in [-0.15, -0.1) is 0 Å². The van der Waals surface area contributed by atoms with Crippen LogP contribution in [-0.2, 0) is 14.3 Å². The smallest absolute Gasteiger partial charge is 0.306 e. The normalized spacial score (nSPS) is 29.9. The van der Waals surface area contributed by atoms with Crippen LogP contribution in [0.25, 0.3) is 0 Å². The SMILES string of the molecule is CC(NC(=O)COC(=O)CCC(=O)c1ccc2c(c1)OCCO2)C12CC3CC(CC(C3)C1)C2. The van der Waals surface area contributed by atoms with Gasteiger partial charge in [-0.25, -0.2) is 0 Å². The molecule has 1 aromatic carbocycles. The monoisotopic (exact) mass is 455 g/mol. The zero-order valence-electron chi connectivity index (χ0n) is 19.3. The van der Waals surface area contributed by atoms with E-state index >= 15 is 0 Å². The summed E-state index contributed by atoms with van der Waals surface area (Å²) in [4.78, 5) is 37.0. The second-order valence-corrected chi connectivity index (χ2v) is 10.5. The molecule has 4 aliphatic carbocycles. The predicted octanol–water partition coefficient (Wildman–Crippen LogP) is 3.69. The molecule has 5 aliphatic rings. The standard InChI is InChI=1S/C26H33NO6/c1-16(26-12-17-8-18(13-26)10-19(9-17)14-26)27-24(29)15-33-25(30)5-3-21(28)20-2-4-22-23(11-20)32-7-6-31-22/h2,4,11,16-19H,3,5-10,12-15H2,1H3,(H,27,29). The first-order valence-electron chi connectivity index (χ1n) is 12.3. The fraction of sp³-hybridized carbons (Fsp3) is 0.654. The molecule has 4 bridgehead atoms. The highest BCUT2D eigenvalue weighted by Gasteiger charge is 2.53. The van der Waals surface area contributed by atoms with Crippen molar-refractivity contribution in [3.05, 3.63) is 23.8 Å². The molecule has 1 aromatic rings. The summed E-state index contributed by atoms with van der Waals surface area (Å²) in [5.74, 6) is 2.64. The number of rotatable bonds is 8. The fourth-order valence-electron chi connectivity index (χ4n) is 6.94. The Morgan fingerprint density at radius 2 is 1.64 bits per heavy atom. The summed E-state index contributed by atoms with van der Waals surface area (Å²) in [6.07, 6.45) is 7.68. The first-order valence-corrected chi connectivity index (χ1v) is 12.3. The number of benzene rings is 1. The van der Waals surface area contributed by atoms with Crippen LogP contribution >= 0.6 is 0 Å². The minimum atomic E-state index is -0.543. The van der Waals surface area contributed by atoms with Crippen LogP contribution in [0.3, 0.4) is 0 Å². The molecule has 7 heteroatoms. The van der Waals surface area contributed by atoms with Gasteiger partial charge in [-0.2, -0.15) is 0 Å². The molecule has 4 fully saturated rings. The van der Waals surface area contributed by atoms with E-state index in [0.717, 1.165) is 17.8 Å². The van der Waals surface area contributed by atoms with Crippen molar-refractivity contribution in [3.8, 4) is 11.5 Å². The van der Waals surface area contributed by atoms with E-state index in [4.69, 9.17) is 14.2 Å². The molecule has 0 spiro atoms. The average Bonchev–Trinajstić information content (AvgIpc) is 2.80. The Balaban J connectivity index is 1.05. The number of ketones is 1. The Bertz CT molecular complexity index is 905. The topological polar surface area (TPSA) is 90.9 Å². The van der Waals surface area contributed by atoms with Crippen LogP contribution in [0.1, 0.15) is 68.6 Å². The van der Waals surface area contributed by atoms with E-state index in [-0.39, 0.29) is 42.6 Å². The first kappa shape index (κ1) is 22.2. The third-order valence-corrected chi connectivity index (χ3v) is 8.17. The fourth-order valence-corrected chi connectivity index (χ4v) is 6.94. The van der Waals surface area contributed by atoms with Crippen LogP contribution in [0.2, 0.25) is 0 Å². The summed E-state index contributed by atoms with van der Waals surface area (Å²) < 4.78 is 16.1. The second kappa shape index (κ2) is 8.99. The van der Waals surface area contributed by atoms with E-state index in [2.05, 4.69) is 12.2 Å². The summed E-state index contributed by atoms with van der Waals surface area (Å²) in [5.41, 5.74) is 0.680. The van der Waals surface area contributed by atoms with Gasteiger partial charge in [0.2, 0.25) is 0 Å². The molecule has 178 valence electrons.